The van der Waals surface area contributed by atoms with Gasteiger partial charge in [-0.3, -0.25) is 4.21 Å². The Morgan fingerprint density at radius 3 is 2.48 bits per heavy atom. The van der Waals surface area contributed by atoms with Gasteiger partial charge in [0.25, 0.3) is 0 Å². The number of aliphatic hydroxyl groups is 1. The van der Waals surface area contributed by atoms with E-state index in [4.69, 9.17) is 0 Å². The van der Waals surface area contributed by atoms with Gasteiger partial charge in [0.1, 0.15) is 0 Å². The lowest BCUT2D eigenvalue weighted by atomic mass is 9.81. The minimum absolute atomic E-state index is 0.0114. The van der Waals surface area contributed by atoms with Crippen molar-refractivity contribution in [3.8, 4) is 0 Å². The Labute approximate surface area is 143 Å². The van der Waals surface area contributed by atoms with Crippen molar-refractivity contribution in [1.29, 1.82) is 0 Å². The van der Waals surface area contributed by atoms with Gasteiger partial charge in [-0.25, -0.2) is 4.79 Å². The highest BCUT2D eigenvalue weighted by Crippen LogP contribution is 2.25. The predicted molar refractivity (Wildman–Crippen MR) is 95.9 cm³/mol. The summed E-state index contributed by atoms with van der Waals surface area (Å²) in [5, 5.41) is 16.2. The first-order valence-corrected chi connectivity index (χ1v) is 10.2. The second-order valence-corrected chi connectivity index (χ2v) is 9.55. The fourth-order valence-corrected chi connectivity index (χ4v) is 4.75. The largest absolute Gasteiger partial charge is 0.392 e. The maximum atomic E-state index is 12.2. The summed E-state index contributed by atoms with van der Waals surface area (Å²) in [5.74, 6) is 0.780. The highest BCUT2D eigenvalue weighted by Gasteiger charge is 2.32. The summed E-state index contributed by atoms with van der Waals surface area (Å²) in [7, 11) is -0.877. The Morgan fingerprint density at radius 2 is 1.91 bits per heavy atom. The molecule has 0 aromatic rings. The van der Waals surface area contributed by atoms with Gasteiger partial charge < -0.3 is 15.7 Å². The van der Waals surface area contributed by atoms with Crippen LogP contribution in [0, 0.1) is 11.3 Å². The van der Waals surface area contributed by atoms with Crippen molar-refractivity contribution < 1.29 is 14.1 Å². The van der Waals surface area contributed by atoms with Crippen LogP contribution in [0.2, 0.25) is 0 Å². The monoisotopic (exact) mass is 346 g/mol. The number of urea groups is 1. The van der Waals surface area contributed by atoms with Gasteiger partial charge in [0, 0.05) is 34.6 Å². The van der Waals surface area contributed by atoms with Gasteiger partial charge in [-0.1, -0.05) is 47.5 Å². The summed E-state index contributed by atoms with van der Waals surface area (Å²) in [4.78, 5) is 12.2. The zero-order valence-electron chi connectivity index (χ0n) is 15.2. The number of amides is 2. The fourth-order valence-electron chi connectivity index (χ4n) is 3.33. The predicted octanol–water partition coefficient (Wildman–Crippen LogP) is 2.41. The van der Waals surface area contributed by atoms with Gasteiger partial charge in [-0.15, -0.1) is 0 Å². The lowest BCUT2D eigenvalue weighted by molar-refractivity contribution is 0.0151. The second kappa shape index (κ2) is 9.02. The number of hydrogen-bond acceptors (Lipinski definition) is 3. The summed E-state index contributed by atoms with van der Waals surface area (Å²) >= 11 is 0. The summed E-state index contributed by atoms with van der Waals surface area (Å²) in [5.41, 5.74) is -0.385. The third kappa shape index (κ3) is 6.07. The minimum Gasteiger partial charge on any atom is -0.392 e. The highest BCUT2D eigenvalue weighted by molar-refractivity contribution is 7.85. The topological polar surface area (TPSA) is 78.4 Å². The first kappa shape index (κ1) is 20.4. The third-order valence-electron chi connectivity index (χ3n) is 4.78. The normalized spacial score (nSPS) is 25.0. The lowest BCUT2D eigenvalue weighted by Crippen LogP contribution is -2.53. The van der Waals surface area contributed by atoms with Gasteiger partial charge in [-0.05, 0) is 18.8 Å². The van der Waals surface area contributed by atoms with Crippen molar-refractivity contribution in [2.45, 2.75) is 77.7 Å². The summed E-state index contributed by atoms with van der Waals surface area (Å²) in [6.07, 6.45) is 3.49. The Balaban J connectivity index is 2.53. The van der Waals surface area contributed by atoms with E-state index in [-0.39, 0.29) is 28.7 Å². The average molecular weight is 347 g/mol. The second-order valence-electron chi connectivity index (χ2n) is 7.60. The maximum absolute atomic E-state index is 12.2. The molecule has 23 heavy (non-hydrogen) atoms. The van der Waals surface area contributed by atoms with Crippen LogP contribution in [0.4, 0.5) is 4.79 Å². The SMILES string of the molecule is CC[S@@](=O)[C@H]1CCCC[C@@H]1NC(=O)NCC(C)(C)[C@H](O)C(C)C. The molecule has 0 spiro atoms. The van der Waals surface area contributed by atoms with Crippen LogP contribution >= 0.6 is 0 Å². The van der Waals surface area contributed by atoms with Gasteiger partial charge in [0.05, 0.1) is 11.4 Å². The molecule has 3 N–H and O–H groups in total. The summed E-state index contributed by atoms with van der Waals surface area (Å²) in [6.45, 7) is 10.2. The van der Waals surface area contributed by atoms with E-state index in [1.54, 1.807) is 0 Å². The molecule has 0 radical (unpaired) electrons. The van der Waals surface area contributed by atoms with Crippen LogP contribution in [-0.4, -0.2) is 45.0 Å². The van der Waals surface area contributed by atoms with Crippen LogP contribution in [0.3, 0.4) is 0 Å². The molecule has 0 aromatic heterocycles. The molecule has 0 bridgehead atoms. The molecule has 1 aliphatic carbocycles. The summed E-state index contributed by atoms with van der Waals surface area (Å²) in [6, 6.07) is -0.235. The van der Waals surface area contributed by atoms with E-state index in [0.717, 1.165) is 25.7 Å². The fraction of sp³-hybridized carbons (Fsp3) is 0.941. The van der Waals surface area contributed by atoms with Crippen LogP contribution in [0.5, 0.6) is 0 Å². The quantitative estimate of drug-likeness (QED) is 0.662. The third-order valence-corrected chi connectivity index (χ3v) is 6.59. The molecule has 0 heterocycles. The van der Waals surface area contributed by atoms with Gasteiger partial charge in [-0.2, -0.15) is 0 Å². The molecule has 2 amide bonds. The van der Waals surface area contributed by atoms with E-state index in [1.807, 2.05) is 34.6 Å². The molecule has 1 rings (SSSR count). The van der Waals surface area contributed by atoms with Crippen LogP contribution in [-0.2, 0) is 10.8 Å². The Kier molecular flexibility index (Phi) is 8.01. The van der Waals surface area contributed by atoms with Crippen molar-refractivity contribution in [2.24, 2.45) is 11.3 Å². The molecule has 5 nitrogen and oxygen atoms in total. The zero-order valence-corrected chi connectivity index (χ0v) is 16.0. The molecule has 0 aromatic carbocycles. The first-order valence-electron chi connectivity index (χ1n) is 8.78. The van der Waals surface area contributed by atoms with Gasteiger partial charge in [0.15, 0.2) is 0 Å². The van der Waals surface area contributed by atoms with Crippen LogP contribution in [0.1, 0.15) is 60.3 Å². The van der Waals surface area contributed by atoms with Crippen molar-refractivity contribution in [1.82, 2.24) is 10.6 Å². The molecule has 0 aliphatic heterocycles. The van der Waals surface area contributed by atoms with E-state index >= 15 is 0 Å². The number of nitrogens with one attached hydrogen (secondary N) is 2. The smallest absolute Gasteiger partial charge is 0.315 e. The minimum atomic E-state index is -0.877. The molecule has 0 saturated heterocycles. The Hall–Kier alpha value is -0.620. The standard InChI is InChI=1S/C17H34N2O3S/c1-6-23(22)14-10-8-7-9-13(14)19-16(21)18-11-17(4,5)15(20)12(2)3/h12-15,20H,6-11H2,1-5H3,(H2,18,19,21)/t13-,14-,15+,23+/m0/s1. The molecule has 6 heteroatoms. The molecule has 136 valence electrons. The number of hydrogen-bond donors (Lipinski definition) is 3. The number of carbonyl (C=O) groups excluding carboxylic acids is 1. The van der Waals surface area contributed by atoms with E-state index in [0.29, 0.717) is 12.3 Å². The number of rotatable bonds is 7. The van der Waals surface area contributed by atoms with Crippen LogP contribution < -0.4 is 10.6 Å². The molecule has 1 fully saturated rings. The summed E-state index contributed by atoms with van der Waals surface area (Å²) < 4.78 is 12.1. The first-order chi connectivity index (χ1) is 10.7. The molecule has 4 atom stereocenters. The van der Waals surface area contributed by atoms with Crippen LogP contribution in [0.15, 0.2) is 0 Å². The van der Waals surface area contributed by atoms with Gasteiger partial charge in [0.2, 0.25) is 0 Å². The van der Waals surface area contributed by atoms with E-state index < -0.39 is 16.9 Å². The maximum Gasteiger partial charge on any atom is 0.315 e. The molecule has 1 aliphatic rings. The molecular weight excluding hydrogens is 312 g/mol. The average Bonchev–Trinajstić information content (AvgIpc) is 2.52. The number of carbonyl (C=O) groups is 1. The zero-order chi connectivity index (χ0) is 17.6. The Morgan fingerprint density at radius 1 is 1.30 bits per heavy atom. The van der Waals surface area contributed by atoms with Crippen molar-refractivity contribution in [3.63, 3.8) is 0 Å². The van der Waals surface area contributed by atoms with Crippen molar-refractivity contribution >= 4 is 16.8 Å². The van der Waals surface area contributed by atoms with Crippen molar-refractivity contribution in [2.75, 3.05) is 12.3 Å². The molecule has 0 unspecified atom stereocenters. The molecular formula is C17H34N2O3S. The van der Waals surface area contributed by atoms with Gasteiger partial charge >= 0.3 is 6.03 Å². The van der Waals surface area contributed by atoms with E-state index in [2.05, 4.69) is 10.6 Å². The van der Waals surface area contributed by atoms with Crippen molar-refractivity contribution in [3.05, 3.63) is 0 Å². The van der Waals surface area contributed by atoms with E-state index in [9.17, 15) is 14.1 Å². The lowest BCUT2D eigenvalue weighted by Gasteiger charge is -2.34. The molecule has 1 saturated carbocycles. The van der Waals surface area contributed by atoms with Crippen LogP contribution in [0.25, 0.3) is 0 Å². The Bertz CT molecular complexity index is 413. The highest BCUT2D eigenvalue weighted by atomic mass is 32.2. The van der Waals surface area contributed by atoms with E-state index in [1.165, 1.54) is 0 Å². The number of aliphatic hydroxyl groups excluding tert-OH is 1.